The number of rotatable bonds is 5. The van der Waals surface area contributed by atoms with Crippen molar-refractivity contribution in [2.75, 3.05) is 50.5 Å². The van der Waals surface area contributed by atoms with E-state index in [1.165, 1.54) is 0 Å². The maximum Gasteiger partial charge on any atom is 0.445 e. The minimum Gasteiger partial charge on any atom is -0.461 e. The smallest absolute Gasteiger partial charge is 0.445 e. The third-order valence-corrected chi connectivity index (χ3v) is 12.0. The number of alkyl halides is 4. The van der Waals surface area contributed by atoms with Crippen LogP contribution in [-0.2, 0) is 12.6 Å². The molecule has 12 nitrogen and oxygen atoms in total. The van der Waals surface area contributed by atoms with Crippen LogP contribution in [0.4, 0.5) is 47.0 Å². The molecule has 5 atom stereocenters. The van der Waals surface area contributed by atoms with Crippen LogP contribution in [0.25, 0.3) is 22.2 Å². The number of carbonyl (C=O) groups excluding carboxylic acids is 1. The van der Waals surface area contributed by atoms with E-state index in [-0.39, 0.29) is 58.9 Å². The number of hydrogen-bond acceptors (Lipinski definition) is 10. The molecule has 3 fully saturated rings. The zero-order valence-electron chi connectivity index (χ0n) is 29.7. The maximum absolute atomic E-state index is 17.0. The van der Waals surface area contributed by atoms with Gasteiger partial charge in [-0.25, -0.2) is 27.4 Å². The summed E-state index contributed by atoms with van der Waals surface area (Å²) in [6.07, 6.45) is -3.41. The van der Waals surface area contributed by atoms with Crippen LogP contribution in [0, 0.1) is 24.6 Å². The van der Waals surface area contributed by atoms with Crippen molar-refractivity contribution in [1.29, 1.82) is 0 Å². The van der Waals surface area contributed by atoms with Gasteiger partial charge in [0.2, 0.25) is 0 Å². The Bertz CT molecular complexity index is 2180. The fourth-order valence-electron chi connectivity index (χ4n) is 9.18. The number of carbonyl (C=O) groups is 1. The highest BCUT2D eigenvalue weighted by atomic mass is 19.4. The molecule has 0 radical (unpaired) electrons. The van der Waals surface area contributed by atoms with Crippen LogP contribution in [0.3, 0.4) is 0 Å². The lowest BCUT2D eigenvalue weighted by molar-refractivity contribution is -0.841. The van der Waals surface area contributed by atoms with Crippen LogP contribution in [0.5, 0.6) is 6.01 Å². The van der Waals surface area contributed by atoms with Crippen LogP contribution in [0.15, 0.2) is 12.4 Å². The molecule has 8 rings (SSSR count). The number of nitrogen functional groups attached to an aromatic ring is 1. The summed E-state index contributed by atoms with van der Waals surface area (Å²) in [4.78, 5) is 34.7. The van der Waals surface area contributed by atoms with Crippen molar-refractivity contribution in [3.63, 3.8) is 0 Å². The predicted octanol–water partition coefficient (Wildman–Crippen LogP) is 5.59. The zero-order chi connectivity index (χ0) is 38.5. The van der Waals surface area contributed by atoms with Crippen molar-refractivity contribution >= 4 is 28.4 Å². The molecule has 0 spiro atoms. The average Bonchev–Trinajstić information content (AvgIpc) is 3.84. The Morgan fingerprint density at radius 2 is 1.91 bits per heavy atom. The van der Waals surface area contributed by atoms with Crippen LogP contribution >= 0.6 is 0 Å². The molecule has 3 saturated heterocycles. The standard InChI is InChI=1S/C35H38F7N10O2/c1-17-25(35(40,41)42)20(12-21(43)26(17)37)28-27(38)29-24-22(45-28)6-4-10-50(23-7-11-52(3,18(23)2)33(53)51-16-44-31(39)48-51)30(24)47-32(46-29)54-15-34-8-5-9-49(34)14-19(36)13-34/h12,16,18-19,23H,4-11,13-15,43H2,1-3H3/q+1/t18-,19-,23-,34+,52?/m1/s1. The van der Waals surface area contributed by atoms with E-state index in [4.69, 9.17) is 15.5 Å². The third kappa shape index (κ3) is 5.64. The van der Waals surface area contributed by atoms with E-state index in [0.29, 0.717) is 38.9 Å². The molecule has 0 bridgehead atoms. The van der Waals surface area contributed by atoms with Gasteiger partial charge in [0.1, 0.15) is 48.0 Å². The molecule has 3 aromatic heterocycles. The topological polar surface area (TPSA) is 128 Å². The summed E-state index contributed by atoms with van der Waals surface area (Å²) in [6, 6.07) is -0.880. The second-order valence-electron chi connectivity index (χ2n) is 15.1. The number of aryl methyl sites for hydroxylation is 1. The summed E-state index contributed by atoms with van der Waals surface area (Å²) in [5, 5.41) is 3.72. The molecule has 4 aromatic rings. The van der Waals surface area contributed by atoms with Crippen LogP contribution in [-0.4, -0.2) is 109 Å². The molecule has 0 aliphatic carbocycles. The van der Waals surface area contributed by atoms with Gasteiger partial charge in [-0.3, -0.25) is 4.90 Å². The van der Waals surface area contributed by atoms with Gasteiger partial charge in [0.25, 0.3) is 0 Å². The highest BCUT2D eigenvalue weighted by Crippen LogP contribution is 2.46. The molecule has 4 aliphatic rings. The number of pyridine rings is 1. The molecule has 1 amide bonds. The van der Waals surface area contributed by atoms with Gasteiger partial charge in [-0.05, 0) is 57.7 Å². The van der Waals surface area contributed by atoms with Crippen molar-refractivity contribution in [3.8, 4) is 17.3 Å². The largest absolute Gasteiger partial charge is 0.461 e. The lowest BCUT2D eigenvalue weighted by Crippen LogP contribution is -2.57. The summed E-state index contributed by atoms with van der Waals surface area (Å²) < 4.78 is 111. The van der Waals surface area contributed by atoms with E-state index >= 15 is 4.39 Å². The number of likely N-dealkylation sites (tertiary alicyclic amines) is 1. The number of ether oxygens (including phenoxy) is 1. The number of likely N-dealkylation sites (N-methyl/N-ethyl adjacent to an activating group) is 1. The van der Waals surface area contributed by atoms with Crippen molar-refractivity contribution in [3.05, 3.63) is 46.9 Å². The Balaban J connectivity index is 1.28. The van der Waals surface area contributed by atoms with Crippen LogP contribution in [0.2, 0.25) is 0 Å². The van der Waals surface area contributed by atoms with Crippen LogP contribution < -0.4 is 15.4 Å². The number of amides is 1. The average molecular weight is 764 g/mol. The number of anilines is 2. The van der Waals surface area contributed by atoms with Gasteiger partial charge < -0.3 is 15.4 Å². The summed E-state index contributed by atoms with van der Waals surface area (Å²) in [7, 11) is 1.71. The first-order valence-corrected chi connectivity index (χ1v) is 17.8. The Hall–Kier alpha value is -4.65. The lowest BCUT2D eigenvalue weighted by Gasteiger charge is -2.36. The first-order chi connectivity index (χ1) is 25.5. The quantitative estimate of drug-likeness (QED) is 0.156. The monoisotopic (exact) mass is 763 g/mol. The van der Waals surface area contributed by atoms with E-state index in [9.17, 15) is 31.1 Å². The fraction of sp³-hybridized carbons (Fsp3) is 0.543. The maximum atomic E-state index is 17.0. The molecule has 288 valence electrons. The number of fused-ring (bicyclic) bond motifs is 1. The molecule has 1 unspecified atom stereocenters. The molecule has 1 aromatic carbocycles. The third-order valence-electron chi connectivity index (χ3n) is 12.0. The van der Waals surface area contributed by atoms with Gasteiger partial charge in [0, 0.05) is 31.5 Å². The molecule has 2 N–H and O–H groups in total. The van der Waals surface area contributed by atoms with Gasteiger partial charge in [-0.15, -0.1) is 9.78 Å². The zero-order valence-corrected chi connectivity index (χ0v) is 29.7. The summed E-state index contributed by atoms with van der Waals surface area (Å²) in [6.45, 7) is 4.37. The second-order valence-corrected chi connectivity index (χ2v) is 15.1. The minimum atomic E-state index is -5.09. The summed E-state index contributed by atoms with van der Waals surface area (Å²) in [5.74, 6) is -2.27. The summed E-state index contributed by atoms with van der Waals surface area (Å²) >= 11 is 0. The lowest BCUT2D eigenvalue weighted by atomic mass is 9.95. The van der Waals surface area contributed by atoms with E-state index < -0.39 is 81.8 Å². The van der Waals surface area contributed by atoms with Gasteiger partial charge in [-0.2, -0.15) is 32.5 Å². The molecule has 4 aliphatic heterocycles. The first kappa shape index (κ1) is 36.3. The normalized spacial score (nSPS) is 27.1. The Kier molecular flexibility index (Phi) is 8.55. The van der Waals surface area contributed by atoms with Gasteiger partial charge in [0.15, 0.2) is 5.82 Å². The van der Waals surface area contributed by atoms with Crippen molar-refractivity contribution in [2.24, 2.45) is 0 Å². The fourth-order valence-corrected chi connectivity index (χ4v) is 9.18. The number of benzene rings is 1. The molecule has 0 saturated carbocycles. The molecule has 19 heteroatoms. The van der Waals surface area contributed by atoms with Crippen molar-refractivity contribution < 1.29 is 44.7 Å². The van der Waals surface area contributed by atoms with Crippen molar-refractivity contribution in [2.45, 2.75) is 82.3 Å². The number of aromatic nitrogens is 6. The van der Waals surface area contributed by atoms with E-state index in [2.05, 4.69) is 20.1 Å². The van der Waals surface area contributed by atoms with Crippen molar-refractivity contribution in [1.82, 2.24) is 34.6 Å². The molecule has 54 heavy (non-hydrogen) atoms. The highest BCUT2D eigenvalue weighted by molar-refractivity contribution is 5.95. The molecular weight excluding hydrogens is 725 g/mol. The minimum absolute atomic E-state index is 0.00550. The van der Waals surface area contributed by atoms with Crippen LogP contribution in [0.1, 0.15) is 55.8 Å². The number of nitrogens with two attached hydrogens (primary N) is 1. The predicted molar refractivity (Wildman–Crippen MR) is 181 cm³/mol. The molecular formula is C35H38F7N10O2+. The van der Waals surface area contributed by atoms with E-state index in [0.717, 1.165) is 30.4 Å². The van der Waals surface area contributed by atoms with Gasteiger partial charge in [-0.1, -0.05) is 0 Å². The Morgan fingerprint density at radius 1 is 1.13 bits per heavy atom. The first-order valence-electron chi connectivity index (χ1n) is 17.8. The Labute approximate surface area is 304 Å². The number of nitrogens with zero attached hydrogens (tertiary/aromatic N) is 9. The van der Waals surface area contributed by atoms with Gasteiger partial charge in [0.05, 0.1) is 47.5 Å². The highest BCUT2D eigenvalue weighted by Gasteiger charge is 2.53. The second kappa shape index (κ2) is 12.7. The van der Waals surface area contributed by atoms with Gasteiger partial charge >= 0.3 is 24.3 Å². The molecule has 7 heterocycles. The van der Waals surface area contributed by atoms with E-state index in [1.54, 1.807) is 7.05 Å². The SMILES string of the molecule is Cc1c(F)c(N)cc(-c2nc3c4c(nc(OC[C@@]56CCCN5C[C@H](F)C6)nc4c2F)N([C@@H]2CC[N+](C)(C(=O)n4cnc(F)n4)[C@@H]2C)CCC3)c1C(F)(F)F. The number of halogens is 7. The number of quaternary nitrogens is 1. The summed E-state index contributed by atoms with van der Waals surface area (Å²) in [5.41, 5.74) is 0.769. The number of hydrogen-bond donors (Lipinski definition) is 1. The Morgan fingerprint density at radius 3 is 2.63 bits per heavy atom. The van der Waals surface area contributed by atoms with E-state index in [1.807, 2.05) is 16.7 Å².